The molecule has 1 aliphatic rings. The Morgan fingerprint density at radius 3 is 2.63 bits per heavy atom. The average Bonchev–Trinajstić information content (AvgIpc) is 3.04. The number of likely N-dealkylation sites (tertiary alicyclic amines) is 1. The molecule has 0 amide bonds. The highest BCUT2D eigenvalue weighted by molar-refractivity contribution is 6.12. The summed E-state index contributed by atoms with van der Waals surface area (Å²) in [4.78, 5) is 15.4. The molecule has 2 aromatic carbocycles. The maximum Gasteiger partial charge on any atom is 0.196 e. The molecule has 0 radical (unpaired) electrons. The Hall–Kier alpha value is -2.79. The van der Waals surface area contributed by atoms with Crippen LogP contribution in [0, 0.1) is 0 Å². The summed E-state index contributed by atoms with van der Waals surface area (Å²) >= 11 is 0. The molecule has 3 aromatic rings. The van der Waals surface area contributed by atoms with Crippen LogP contribution in [0.1, 0.15) is 40.2 Å². The summed E-state index contributed by atoms with van der Waals surface area (Å²) in [6, 6.07) is 13.1. The van der Waals surface area contributed by atoms with E-state index in [0.717, 1.165) is 36.8 Å². The van der Waals surface area contributed by atoms with Crippen molar-refractivity contribution >= 4 is 16.7 Å². The first kappa shape index (κ1) is 17.6. The number of hydrogen-bond acceptors (Lipinski definition) is 4. The molecular formula is C22H25N3O2. The Kier molecular flexibility index (Phi) is 4.62. The van der Waals surface area contributed by atoms with Crippen LogP contribution in [0.5, 0.6) is 5.75 Å². The zero-order valence-corrected chi connectivity index (χ0v) is 15.8. The van der Waals surface area contributed by atoms with Gasteiger partial charge in [0.1, 0.15) is 5.75 Å². The van der Waals surface area contributed by atoms with Gasteiger partial charge in [-0.1, -0.05) is 12.1 Å². The van der Waals surface area contributed by atoms with E-state index in [-0.39, 0.29) is 5.78 Å². The van der Waals surface area contributed by atoms with Gasteiger partial charge in [0.2, 0.25) is 0 Å². The van der Waals surface area contributed by atoms with Crippen molar-refractivity contribution in [3.05, 3.63) is 65.4 Å². The maximum absolute atomic E-state index is 13.1. The van der Waals surface area contributed by atoms with Crippen LogP contribution in [-0.4, -0.2) is 42.6 Å². The summed E-state index contributed by atoms with van der Waals surface area (Å²) in [7, 11) is 3.74. The first-order valence-electron chi connectivity index (χ1n) is 9.35. The summed E-state index contributed by atoms with van der Waals surface area (Å²) in [6.45, 7) is 2.17. The summed E-state index contributed by atoms with van der Waals surface area (Å²) in [6.07, 6.45) is 4.25. The number of nitrogen functional groups attached to an aromatic ring is 1. The van der Waals surface area contributed by atoms with Crippen molar-refractivity contribution in [1.82, 2.24) is 9.58 Å². The second-order valence-electron chi connectivity index (χ2n) is 7.33. The van der Waals surface area contributed by atoms with E-state index >= 15 is 0 Å². The first-order valence-corrected chi connectivity index (χ1v) is 9.35. The minimum atomic E-state index is -0.0338. The highest BCUT2D eigenvalue weighted by atomic mass is 16.5. The van der Waals surface area contributed by atoms with Crippen LogP contribution in [0.3, 0.4) is 0 Å². The number of nitrogens with two attached hydrogens (primary N) is 1. The number of benzene rings is 2. The third-order valence-corrected chi connectivity index (χ3v) is 5.64. The van der Waals surface area contributed by atoms with Gasteiger partial charge >= 0.3 is 0 Å². The number of ether oxygens (including phenoxy) is 1. The van der Waals surface area contributed by atoms with E-state index in [2.05, 4.69) is 11.9 Å². The summed E-state index contributed by atoms with van der Waals surface area (Å²) in [5.41, 5.74) is 3.44. The van der Waals surface area contributed by atoms with Gasteiger partial charge in [-0.3, -0.25) is 9.47 Å². The van der Waals surface area contributed by atoms with Gasteiger partial charge in [-0.05, 0) is 74.8 Å². The second kappa shape index (κ2) is 7.08. The zero-order valence-electron chi connectivity index (χ0n) is 15.8. The van der Waals surface area contributed by atoms with Gasteiger partial charge in [-0.2, -0.15) is 0 Å². The van der Waals surface area contributed by atoms with Crippen LogP contribution in [0.2, 0.25) is 0 Å². The molecule has 2 heterocycles. The smallest absolute Gasteiger partial charge is 0.196 e. The lowest BCUT2D eigenvalue weighted by atomic mass is 9.88. The molecule has 27 heavy (non-hydrogen) atoms. The average molecular weight is 363 g/mol. The van der Waals surface area contributed by atoms with E-state index in [1.807, 2.05) is 42.6 Å². The molecule has 5 nitrogen and oxygen atoms in total. The molecule has 1 aliphatic heterocycles. The van der Waals surface area contributed by atoms with Crippen LogP contribution in [0.25, 0.3) is 10.9 Å². The molecule has 0 atom stereocenters. The van der Waals surface area contributed by atoms with Gasteiger partial charge in [0.15, 0.2) is 5.78 Å². The normalized spacial score (nSPS) is 15.9. The summed E-state index contributed by atoms with van der Waals surface area (Å²) < 4.78 is 7.04. The quantitative estimate of drug-likeness (QED) is 0.570. The maximum atomic E-state index is 13.1. The van der Waals surface area contributed by atoms with Gasteiger partial charge in [0.05, 0.1) is 18.2 Å². The van der Waals surface area contributed by atoms with Crippen molar-refractivity contribution in [2.45, 2.75) is 18.8 Å². The number of ketones is 1. The van der Waals surface area contributed by atoms with E-state index in [1.165, 1.54) is 5.56 Å². The standard InChI is InChI=1S/C22H25N3O2/c1-24-11-9-15(10-12-24)19-14-25(23)20-8-7-16(13-18(19)20)22(26)17-5-3-4-6-21(17)27-2/h3-8,13-15H,9-12,23H2,1-2H3. The number of piperidine rings is 1. The Bertz CT molecular complexity index is 984. The minimum Gasteiger partial charge on any atom is -0.496 e. The number of rotatable bonds is 4. The molecule has 1 fully saturated rings. The molecule has 0 saturated carbocycles. The lowest BCUT2D eigenvalue weighted by molar-refractivity contribution is 0.103. The molecule has 0 spiro atoms. The third-order valence-electron chi connectivity index (χ3n) is 5.64. The predicted octanol–water partition coefficient (Wildman–Crippen LogP) is 3.40. The Morgan fingerprint density at radius 2 is 1.89 bits per heavy atom. The van der Waals surface area contributed by atoms with Crippen molar-refractivity contribution in [3.8, 4) is 5.75 Å². The molecule has 1 aromatic heterocycles. The number of carbonyl (C=O) groups is 1. The van der Waals surface area contributed by atoms with Crippen LogP contribution < -0.4 is 10.6 Å². The van der Waals surface area contributed by atoms with E-state index in [9.17, 15) is 4.79 Å². The fourth-order valence-electron chi connectivity index (χ4n) is 4.06. The third kappa shape index (κ3) is 3.19. The Balaban J connectivity index is 1.75. The number of fused-ring (bicyclic) bond motifs is 1. The Morgan fingerprint density at radius 1 is 1.15 bits per heavy atom. The molecule has 2 N–H and O–H groups in total. The zero-order chi connectivity index (χ0) is 19.0. The van der Waals surface area contributed by atoms with Crippen molar-refractivity contribution in [2.75, 3.05) is 33.1 Å². The largest absolute Gasteiger partial charge is 0.496 e. The second-order valence-corrected chi connectivity index (χ2v) is 7.33. The molecule has 0 unspecified atom stereocenters. The Labute approximate surface area is 159 Å². The molecule has 5 heteroatoms. The predicted molar refractivity (Wildman–Crippen MR) is 108 cm³/mol. The van der Waals surface area contributed by atoms with E-state index in [0.29, 0.717) is 22.8 Å². The molecule has 0 aliphatic carbocycles. The van der Waals surface area contributed by atoms with Gasteiger partial charge in [0.25, 0.3) is 0 Å². The van der Waals surface area contributed by atoms with Crippen LogP contribution in [0.15, 0.2) is 48.7 Å². The number of hydrogen-bond donors (Lipinski definition) is 1. The number of para-hydroxylation sites is 1. The van der Waals surface area contributed by atoms with E-state index in [1.54, 1.807) is 17.9 Å². The van der Waals surface area contributed by atoms with Crippen molar-refractivity contribution < 1.29 is 9.53 Å². The fraction of sp³-hybridized carbons (Fsp3) is 0.318. The highest BCUT2D eigenvalue weighted by Crippen LogP contribution is 2.34. The van der Waals surface area contributed by atoms with Gasteiger partial charge < -0.3 is 15.5 Å². The van der Waals surface area contributed by atoms with Crippen LogP contribution in [0.4, 0.5) is 0 Å². The molecule has 0 bridgehead atoms. The summed E-state index contributed by atoms with van der Waals surface area (Å²) in [5, 5.41) is 1.08. The van der Waals surface area contributed by atoms with Crippen molar-refractivity contribution in [1.29, 1.82) is 0 Å². The molecular weight excluding hydrogens is 338 g/mol. The number of carbonyl (C=O) groups excluding carboxylic acids is 1. The van der Waals surface area contributed by atoms with Gasteiger partial charge in [0, 0.05) is 17.1 Å². The minimum absolute atomic E-state index is 0.0338. The van der Waals surface area contributed by atoms with Gasteiger partial charge in [-0.25, -0.2) is 0 Å². The highest BCUT2D eigenvalue weighted by Gasteiger charge is 2.23. The molecule has 1 saturated heterocycles. The number of aromatic nitrogens is 1. The molecule has 4 rings (SSSR count). The molecule has 140 valence electrons. The fourth-order valence-corrected chi connectivity index (χ4v) is 4.06. The first-order chi connectivity index (χ1) is 13.1. The van der Waals surface area contributed by atoms with Crippen LogP contribution in [-0.2, 0) is 0 Å². The van der Waals surface area contributed by atoms with Crippen molar-refractivity contribution in [2.24, 2.45) is 0 Å². The van der Waals surface area contributed by atoms with Gasteiger partial charge in [-0.15, -0.1) is 0 Å². The number of methoxy groups -OCH3 is 1. The monoisotopic (exact) mass is 363 g/mol. The van der Waals surface area contributed by atoms with E-state index in [4.69, 9.17) is 10.6 Å². The van der Waals surface area contributed by atoms with Crippen LogP contribution >= 0.6 is 0 Å². The SMILES string of the molecule is COc1ccccc1C(=O)c1ccc2c(c1)c(C1CCN(C)CC1)cn2N. The number of nitrogens with zero attached hydrogens (tertiary/aromatic N) is 2. The lowest BCUT2D eigenvalue weighted by Crippen LogP contribution is -2.29. The topological polar surface area (TPSA) is 60.5 Å². The lowest BCUT2D eigenvalue weighted by Gasteiger charge is -2.28. The van der Waals surface area contributed by atoms with E-state index < -0.39 is 0 Å². The van der Waals surface area contributed by atoms with Crippen molar-refractivity contribution in [3.63, 3.8) is 0 Å². The summed E-state index contributed by atoms with van der Waals surface area (Å²) in [5.74, 6) is 7.23.